The van der Waals surface area contributed by atoms with E-state index in [9.17, 15) is 18.0 Å². The average Bonchev–Trinajstić information content (AvgIpc) is 2.75. The van der Waals surface area contributed by atoms with E-state index in [1.165, 1.54) is 12.3 Å². The molecular formula is C23H15ClF3N3O. The van der Waals surface area contributed by atoms with Crippen LogP contribution in [0.4, 0.5) is 30.2 Å². The van der Waals surface area contributed by atoms with E-state index in [1.807, 2.05) is 0 Å². The molecule has 31 heavy (non-hydrogen) atoms. The van der Waals surface area contributed by atoms with Crippen LogP contribution in [0.2, 0.25) is 5.02 Å². The first kappa shape index (κ1) is 20.7. The molecule has 3 aromatic carbocycles. The van der Waals surface area contributed by atoms with Crippen LogP contribution in [-0.2, 0) is 6.18 Å². The lowest BCUT2D eigenvalue weighted by Gasteiger charge is -2.14. The maximum atomic E-state index is 13.0. The van der Waals surface area contributed by atoms with Crippen LogP contribution in [0.1, 0.15) is 15.9 Å². The van der Waals surface area contributed by atoms with Crippen molar-refractivity contribution >= 4 is 45.5 Å². The van der Waals surface area contributed by atoms with E-state index in [1.54, 1.807) is 54.6 Å². The average molecular weight is 442 g/mol. The van der Waals surface area contributed by atoms with Crippen molar-refractivity contribution in [1.82, 2.24) is 4.98 Å². The Morgan fingerprint density at radius 1 is 0.903 bits per heavy atom. The lowest BCUT2D eigenvalue weighted by Crippen LogP contribution is -2.13. The van der Waals surface area contributed by atoms with E-state index in [-0.39, 0.29) is 11.4 Å². The second-order valence-corrected chi connectivity index (χ2v) is 7.16. The fraction of sp³-hybridized carbons (Fsp3) is 0.0435. The molecule has 0 bridgehead atoms. The minimum atomic E-state index is -4.45. The highest BCUT2D eigenvalue weighted by Crippen LogP contribution is 2.33. The number of nitrogens with one attached hydrogen (secondary N) is 2. The Morgan fingerprint density at radius 3 is 2.39 bits per heavy atom. The van der Waals surface area contributed by atoms with Gasteiger partial charge in [-0.3, -0.25) is 9.78 Å². The summed E-state index contributed by atoms with van der Waals surface area (Å²) in [6.45, 7) is 0. The first-order valence-corrected chi connectivity index (χ1v) is 9.58. The minimum absolute atomic E-state index is 0.197. The van der Waals surface area contributed by atoms with Gasteiger partial charge in [-0.2, -0.15) is 13.2 Å². The highest BCUT2D eigenvalue weighted by Gasteiger charge is 2.30. The third-order valence-electron chi connectivity index (χ3n) is 4.61. The standard InChI is InChI=1S/C23H15ClF3N3O/c24-15-6-8-16(9-7-15)29-22(31)18-3-1-2-4-19(18)30-20-11-12-28-21-13-14(23(25,26)27)5-10-17(20)21/h1-13H,(H,28,30)(H,29,31). The van der Waals surface area contributed by atoms with Gasteiger partial charge in [0.2, 0.25) is 0 Å². The Labute approximate surface area is 180 Å². The predicted octanol–water partition coefficient (Wildman–Crippen LogP) is 6.90. The summed E-state index contributed by atoms with van der Waals surface area (Å²) in [4.78, 5) is 16.9. The van der Waals surface area contributed by atoms with Crippen molar-refractivity contribution in [3.63, 3.8) is 0 Å². The summed E-state index contributed by atoms with van der Waals surface area (Å²) >= 11 is 5.87. The lowest BCUT2D eigenvalue weighted by atomic mass is 10.1. The van der Waals surface area contributed by atoms with Gasteiger partial charge in [-0.1, -0.05) is 29.8 Å². The van der Waals surface area contributed by atoms with E-state index in [2.05, 4.69) is 15.6 Å². The van der Waals surface area contributed by atoms with Crippen LogP contribution in [0.15, 0.2) is 79.0 Å². The molecule has 156 valence electrons. The van der Waals surface area contributed by atoms with Gasteiger partial charge in [0.05, 0.1) is 22.3 Å². The molecule has 4 rings (SSSR count). The Hall–Kier alpha value is -3.58. The SMILES string of the molecule is O=C(Nc1ccc(Cl)cc1)c1ccccc1Nc1ccnc2cc(C(F)(F)F)ccc12. The van der Waals surface area contributed by atoms with Crippen molar-refractivity contribution in [2.75, 3.05) is 10.6 Å². The number of amides is 1. The Bertz CT molecular complexity index is 1260. The summed E-state index contributed by atoms with van der Waals surface area (Å²) in [5.74, 6) is -0.344. The first-order valence-electron chi connectivity index (χ1n) is 9.20. The number of halogens is 4. The van der Waals surface area contributed by atoms with Gasteiger partial charge in [0.15, 0.2) is 0 Å². The molecule has 0 aliphatic heterocycles. The third kappa shape index (κ3) is 4.62. The molecule has 0 saturated carbocycles. The molecule has 1 amide bonds. The van der Waals surface area contributed by atoms with Crippen molar-refractivity contribution in [2.45, 2.75) is 6.18 Å². The van der Waals surface area contributed by atoms with Crippen LogP contribution in [0.25, 0.3) is 10.9 Å². The highest BCUT2D eigenvalue weighted by atomic mass is 35.5. The number of hydrogen-bond donors (Lipinski definition) is 2. The van der Waals surface area contributed by atoms with Crippen LogP contribution < -0.4 is 10.6 Å². The van der Waals surface area contributed by atoms with Crippen molar-refractivity contribution in [3.05, 3.63) is 95.1 Å². The Kier molecular flexibility index (Phi) is 5.52. The first-order chi connectivity index (χ1) is 14.8. The number of fused-ring (bicyclic) bond motifs is 1. The number of carbonyl (C=O) groups excluding carboxylic acids is 1. The van der Waals surface area contributed by atoms with E-state index in [4.69, 9.17) is 11.6 Å². The number of hydrogen-bond acceptors (Lipinski definition) is 3. The number of para-hydroxylation sites is 1. The maximum Gasteiger partial charge on any atom is 0.416 e. The van der Waals surface area contributed by atoms with Crippen molar-refractivity contribution < 1.29 is 18.0 Å². The number of anilines is 3. The van der Waals surface area contributed by atoms with Gasteiger partial charge in [-0.15, -0.1) is 0 Å². The molecule has 0 spiro atoms. The molecule has 0 fully saturated rings. The number of aromatic nitrogens is 1. The summed E-state index contributed by atoms with van der Waals surface area (Å²) in [6, 6.07) is 18.6. The summed E-state index contributed by atoms with van der Waals surface area (Å²) in [5, 5.41) is 7.00. The normalized spacial score (nSPS) is 11.4. The predicted molar refractivity (Wildman–Crippen MR) is 116 cm³/mol. The van der Waals surface area contributed by atoms with Crippen molar-refractivity contribution in [1.29, 1.82) is 0 Å². The molecular weight excluding hydrogens is 427 g/mol. The molecule has 0 radical (unpaired) electrons. The molecule has 1 aromatic heterocycles. The van der Waals surface area contributed by atoms with Gasteiger partial charge >= 0.3 is 6.18 Å². The number of nitrogens with zero attached hydrogens (tertiary/aromatic N) is 1. The third-order valence-corrected chi connectivity index (χ3v) is 4.87. The Morgan fingerprint density at radius 2 is 1.65 bits per heavy atom. The second kappa shape index (κ2) is 8.28. The van der Waals surface area contributed by atoms with E-state index < -0.39 is 11.7 Å². The molecule has 1 heterocycles. The number of benzene rings is 3. The van der Waals surface area contributed by atoms with Crippen LogP contribution in [0, 0.1) is 0 Å². The molecule has 0 aliphatic rings. The van der Waals surface area contributed by atoms with Crippen molar-refractivity contribution in [2.24, 2.45) is 0 Å². The van der Waals surface area contributed by atoms with Crippen LogP contribution in [0.5, 0.6) is 0 Å². The van der Waals surface area contributed by atoms with Gasteiger partial charge < -0.3 is 10.6 Å². The molecule has 4 aromatic rings. The van der Waals surface area contributed by atoms with E-state index >= 15 is 0 Å². The van der Waals surface area contributed by atoms with Gasteiger partial charge in [-0.05, 0) is 54.6 Å². The fourth-order valence-electron chi connectivity index (χ4n) is 3.10. The largest absolute Gasteiger partial charge is 0.416 e. The maximum absolute atomic E-state index is 13.0. The molecule has 2 N–H and O–H groups in total. The van der Waals surface area contributed by atoms with Gasteiger partial charge in [-0.25, -0.2) is 0 Å². The lowest BCUT2D eigenvalue weighted by molar-refractivity contribution is -0.137. The zero-order valence-corrected chi connectivity index (χ0v) is 16.6. The zero-order chi connectivity index (χ0) is 22.0. The molecule has 4 nitrogen and oxygen atoms in total. The monoisotopic (exact) mass is 441 g/mol. The van der Waals surface area contributed by atoms with Gasteiger partial charge in [0.1, 0.15) is 0 Å². The topological polar surface area (TPSA) is 54.0 Å². The number of alkyl halides is 3. The highest BCUT2D eigenvalue weighted by molar-refractivity contribution is 6.30. The zero-order valence-electron chi connectivity index (χ0n) is 15.9. The molecule has 0 atom stereocenters. The summed E-state index contributed by atoms with van der Waals surface area (Å²) in [6.07, 6.45) is -3.03. The van der Waals surface area contributed by atoms with Gasteiger partial charge in [0.25, 0.3) is 5.91 Å². The van der Waals surface area contributed by atoms with Crippen LogP contribution in [0.3, 0.4) is 0 Å². The van der Waals surface area contributed by atoms with Crippen LogP contribution in [-0.4, -0.2) is 10.9 Å². The Balaban J connectivity index is 1.65. The van der Waals surface area contributed by atoms with Crippen LogP contribution >= 0.6 is 11.6 Å². The molecule has 0 aliphatic carbocycles. The quantitative estimate of drug-likeness (QED) is 0.362. The second-order valence-electron chi connectivity index (χ2n) is 6.72. The van der Waals surface area contributed by atoms with Crippen molar-refractivity contribution in [3.8, 4) is 0 Å². The fourth-order valence-corrected chi connectivity index (χ4v) is 3.23. The summed E-state index contributed by atoms with van der Waals surface area (Å²) in [5.41, 5.74) is 1.41. The summed E-state index contributed by atoms with van der Waals surface area (Å²) < 4.78 is 39.0. The number of rotatable bonds is 4. The van der Waals surface area contributed by atoms with E-state index in [0.717, 1.165) is 12.1 Å². The number of pyridine rings is 1. The van der Waals surface area contributed by atoms with Gasteiger partial charge in [0, 0.05) is 28.0 Å². The smallest absolute Gasteiger partial charge is 0.354 e. The minimum Gasteiger partial charge on any atom is -0.354 e. The summed E-state index contributed by atoms with van der Waals surface area (Å²) in [7, 11) is 0. The molecule has 8 heteroatoms. The van der Waals surface area contributed by atoms with E-state index in [0.29, 0.717) is 33.0 Å². The molecule has 0 unspecified atom stereocenters. The molecule has 0 saturated heterocycles. The number of carbonyl (C=O) groups is 1.